The summed E-state index contributed by atoms with van der Waals surface area (Å²) in [7, 11) is 1.86. The van der Waals surface area contributed by atoms with Crippen LogP contribution in [-0.2, 0) is 7.05 Å². The third-order valence-corrected chi connectivity index (χ3v) is 2.93. The van der Waals surface area contributed by atoms with Crippen LogP contribution < -0.4 is 0 Å². The van der Waals surface area contributed by atoms with Crippen LogP contribution in [0.1, 0.15) is 10.4 Å². The highest BCUT2D eigenvalue weighted by molar-refractivity contribution is 5.99. The summed E-state index contributed by atoms with van der Waals surface area (Å²) in [6, 6.07) is 3.18. The van der Waals surface area contributed by atoms with Crippen molar-refractivity contribution in [2.24, 2.45) is 7.05 Å². The molecule has 0 fully saturated rings. The van der Waals surface area contributed by atoms with Gasteiger partial charge in [0.1, 0.15) is 6.33 Å². The van der Waals surface area contributed by atoms with Crippen molar-refractivity contribution in [1.82, 2.24) is 19.5 Å². The number of nitrogens with zero attached hydrogens (tertiary/aromatic N) is 4. The summed E-state index contributed by atoms with van der Waals surface area (Å²) in [5.41, 5.74) is 3.22. The summed E-state index contributed by atoms with van der Waals surface area (Å²) < 4.78 is 1.85. The summed E-state index contributed by atoms with van der Waals surface area (Å²) in [5.74, 6) is -0.981. The van der Waals surface area contributed by atoms with Crippen molar-refractivity contribution in [1.29, 1.82) is 0 Å². The lowest BCUT2D eigenvalue weighted by molar-refractivity contribution is 0.0697. The van der Waals surface area contributed by atoms with E-state index in [0.717, 1.165) is 16.6 Å². The average Bonchev–Trinajstić information content (AvgIpc) is 2.80. The van der Waals surface area contributed by atoms with E-state index in [1.54, 1.807) is 30.9 Å². The van der Waals surface area contributed by atoms with Crippen LogP contribution in [0.2, 0.25) is 0 Å². The fraction of sp³-hybridized carbons (Fsp3) is 0.0769. The molecule has 0 spiro atoms. The van der Waals surface area contributed by atoms with Crippen LogP contribution in [0.3, 0.4) is 0 Å². The summed E-state index contributed by atoms with van der Waals surface area (Å²) >= 11 is 0. The smallest absolute Gasteiger partial charge is 0.335 e. The molecule has 94 valence electrons. The Kier molecular flexibility index (Phi) is 2.49. The molecule has 0 aliphatic rings. The number of aryl methyl sites for hydroxylation is 1. The zero-order chi connectivity index (χ0) is 13.4. The third-order valence-electron chi connectivity index (χ3n) is 2.93. The van der Waals surface area contributed by atoms with E-state index >= 15 is 0 Å². The number of hydrogen-bond donors (Lipinski definition) is 1. The van der Waals surface area contributed by atoms with Crippen molar-refractivity contribution < 1.29 is 9.90 Å². The minimum atomic E-state index is -0.981. The Morgan fingerprint density at radius 3 is 2.68 bits per heavy atom. The standard InChI is InChI=1S/C13H10N4O2/c1-17-7-16-11-3-8(13(18)19)2-10(12(11)17)9-4-14-6-15-5-9/h2-7H,1H3,(H,18,19). The topological polar surface area (TPSA) is 80.9 Å². The fourth-order valence-corrected chi connectivity index (χ4v) is 2.08. The summed E-state index contributed by atoms with van der Waals surface area (Å²) in [4.78, 5) is 23.3. The second-order valence-electron chi connectivity index (χ2n) is 4.18. The predicted molar refractivity (Wildman–Crippen MR) is 68.7 cm³/mol. The number of aromatic carboxylic acids is 1. The molecule has 0 saturated heterocycles. The van der Waals surface area contributed by atoms with Gasteiger partial charge in [-0.2, -0.15) is 0 Å². The number of fused-ring (bicyclic) bond motifs is 1. The molecule has 3 aromatic rings. The second-order valence-corrected chi connectivity index (χ2v) is 4.18. The van der Waals surface area contributed by atoms with Gasteiger partial charge in [0.2, 0.25) is 0 Å². The van der Waals surface area contributed by atoms with Crippen molar-refractivity contribution in [3.05, 3.63) is 42.7 Å². The Labute approximate surface area is 108 Å². The van der Waals surface area contributed by atoms with E-state index in [2.05, 4.69) is 15.0 Å². The van der Waals surface area contributed by atoms with Crippen LogP contribution in [0.15, 0.2) is 37.2 Å². The molecule has 19 heavy (non-hydrogen) atoms. The lowest BCUT2D eigenvalue weighted by Crippen LogP contribution is -1.98. The largest absolute Gasteiger partial charge is 0.478 e. The molecule has 3 rings (SSSR count). The molecular weight excluding hydrogens is 244 g/mol. The van der Waals surface area contributed by atoms with Gasteiger partial charge in [-0.05, 0) is 12.1 Å². The first-order chi connectivity index (χ1) is 9.16. The Morgan fingerprint density at radius 1 is 1.26 bits per heavy atom. The minimum Gasteiger partial charge on any atom is -0.478 e. The summed E-state index contributed by atoms with van der Waals surface area (Å²) in [5, 5.41) is 9.16. The van der Waals surface area contributed by atoms with E-state index in [9.17, 15) is 4.79 Å². The number of rotatable bonds is 2. The molecule has 6 heteroatoms. The predicted octanol–water partition coefficient (Wildman–Crippen LogP) is 1.73. The molecule has 1 aromatic carbocycles. The Morgan fingerprint density at radius 2 is 2.00 bits per heavy atom. The number of carboxylic acid groups (broad SMARTS) is 1. The van der Waals surface area contributed by atoms with Gasteiger partial charge in [-0.25, -0.2) is 19.7 Å². The van der Waals surface area contributed by atoms with E-state index in [0.29, 0.717) is 5.52 Å². The lowest BCUT2D eigenvalue weighted by Gasteiger charge is -2.06. The Hall–Kier alpha value is -2.76. The quantitative estimate of drug-likeness (QED) is 0.753. The number of carbonyl (C=O) groups is 1. The maximum atomic E-state index is 11.2. The number of hydrogen-bond acceptors (Lipinski definition) is 4. The third kappa shape index (κ3) is 1.83. The number of aromatic nitrogens is 4. The van der Waals surface area contributed by atoms with Gasteiger partial charge in [0.05, 0.1) is 22.9 Å². The maximum absolute atomic E-state index is 11.2. The molecule has 0 amide bonds. The van der Waals surface area contributed by atoms with Crippen molar-refractivity contribution in [3.63, 3.8) is 0 Å². The zero-order valence-electron chi connectivity index (χ0n) is 10.1. The molecule has 0 atom stereocenters. The van der Waals surface area contributed by atoms with Gasteiger partial charge in [-0.15, -0.1) is 0 Å². The SMILES string of the molecule is Cn1cnc2cc(C(=O)O)cc(-c3cncnc3)c21. The van der Waals surface area contributed by atoms with Crippen molar-refractivity contribution in [3.8, 4) is 11.1 Å². The lowest BCUT2D eigenvalue weighted by atomic mass is 10.0. The van der Waals surface area contributed by atoms with E-state index in [-0.39, 0.29) is 5.56 Å². The van der Waals surface area contributed by atoms with E-state index < -0.39 is 5.97 Å². The maximum Gasteiger partial charge on any atom is 0.335 e. The van der Waals surface area contributed by atoms with Crippen LogP contribution in [-0.4, -0.2) is 30.6 Å². The molecule has 6 nitrogen and oxygen atoms in total. The van der Waals surface area contributed by atoms with Crippen LogP contribution in [0.25, 0.3) is 22.2 Å². The first-order valence-electron chi connectivity index (χ1n) is 5.60. The van der Waals surface area contributed by atoms with E-state index in [1.807, 2.05) is 11.6 Å². The van der Waals surface area contributed by atoms with Crippen LogP contribution in [0.4, 0.5) is 0 Å². The number of benzene rings is 1. The number of imidazole rings is 1. The van der Waals surface area contributed by atoms with E-state index in [4.69, 9.17) is 5.11 Å². The second kappa shape index (κ2) is 4.16. The monoisotopic (exact) mass is 254 g/mol. The molecule has 0 bridgehead atoms. The minimum absolute atomic E-state index is 0.199. The molecule has 2 heterocycles. The van der Waals surface area contributed by atoms with Gasteiger partial charge in [0, 0.05) is 30.6 Å². The molecule has 2 aromatic heterocycles. The molecule has 0 aliphatic heterocycles. The van der Waals surface area contributed by atoms with Crippen LogP contribution in [0.5, 0.6) is 0 Å². The Bertz CT molecular complexity index is 765. The highest BCUT2D eigenvalue weighted by Crippen LogP contribution is 2.28. The highest BCUT2D eigenvalue weighted by atomic mass is 16.4. The van der Waals surface area contributed by atoms with Crippen molar-refractivity contribution >= 4 is 17.0 Å². The summed E-state index contributed by atoms with van der Waals surface area (Å²) in [6.45, 7) is 0. The Balaban J connectivity index is 2.38. The normalized spacial score (nSPS) is 10.8. The first-order valence-corrected chi connectivity index (χ1v) is 5.60. The van der Waals surface area contributed by atoms with Gasteiger partial charge >= 0.3 is 5.97 Å². The highest BCUT2D eigenvalue weighted by Gasteiger charge is 2.14. The van der Waals surface area contributed by atoms with Gasteiger partial charge in [0.15, 0.2) is 0 Å². The first kappa shape index (κ1) is 11.3. The number of carboxylic acids is 1. The van der Waals surface area contributed by atoms with Gasteiger partial charge < -0.3 is 9.67 Å². The molecule has 0 saturated carbocycles. The molecule has 0 aliphatic carbocycles. The zero-order valence-corrected chi connectivity index (χ0v) is 10.1. The molecule has 1 N–H and O–H groups in total. The summed E-state index contributed by atoms with van der Waals surface area (Å²) in [6.07, 6.45) is 6.40. The molecular formula is C13H10N4O2. The molecule has 0 unspecified atom stereocenters. The van der Waals surface area contributed by atoms with E-state index in [1.165, 1.54) is 6.33 Å². The van der Waals surface area contributed by atoms with Crippen LogP contribution in [0, 0.1) is 0 Å². The van der Waals surface area contributed by atoms with Crippen molar-refractivity contribution in [2.45, 2.75) is 0 Å². The van der Waals surface area contributed by atoms with Gasteiger partial charge in [-0.3, -0.25) is 0 Å². The van der Waals surface area contributed by atoms with Gasteiger partial charge in [0.25, 0.3) is 0 Å². The van der Waals surface area contributed by atoms with Gasteiger partial charge in [-0.1, -0.05) is 0 Å². The van der Waals surface area contributed by atoms with Crippen LogP contribution >= 0.6 is 0 Å². The molecule has 0 radical (unpaired) electrons. The average molecular weight is 254 g/mol. The van der Waals surface area contributed by atoms with Crippen molar-refractivity contribution in [2.75, 3.05) is 0 Å². The fourth-order valence-electron chi connectivity index (χ4n) is 2.08.